The number of Topliss-reactive ketones (excluding diaryl/α,β-unsaturated/α-hetero) is 1. The zero-order valence-electron chi connectivity index (χ0n) is 8.76. The van der Waals surface area contributed by atoms with Crippen LogP contribution in [0.1, 0.15) is 12.8 Å². The first-order valence-corrected chi connectivity index (χ1v) is 6.62. The Kier molecular flexibility index (Phi) is 10.6. The lowest BCUT2D eigenvalue weighted by Crippen LogP contribution is -2.12. The predicted molar refractivity (Wildman–Crippen MR) is 65.4 cm³/mol. The van der Waals surface area contributed by atoms with Crippen molar-refractivity contribution in [2.24, 2.45) is 4.66 Å². The van der Waals surface area contributed by atoms with Gasteiger partial charge in [-0.25, -0.2) is 0 Å². The van der Waals surface area contributed by atoms with E-state index in [0.29, 0.717) is 29.1 Å². The molecule has 16 heavy (non-hydrogen) atoms. The van der Waals surface area contributed by atoms with Gasteiger partial charge in [0, 0.05) is 12.6 Å². The van der Waals surface area contributed by atoms with Gasteiger partial charge >= 0.3 is 5.97 Å². The summed E-state index contributed by atoms with van der Waals surface area (Å²) in [7, 11) is 5.96. The summed E-state index contributed by atoms with van der Waals surface area (Å²) in [6, 6.07) is 0. The number of hydrogen-bond acceptors (Lipinski definition) is 5. The SMILES string of the molecule is [B]N=PCCC(=O)CC(=O)OCC[B]P=N. The number of carbonyl (C=O) groups is 2. The molecule has 0 bridgehead atoms. The Balaban J connectivity index is 3.54. The normalized spacial score (nSPS) is 10.5. The van der Waals surface area contributed by atoms with Gasteiger partial charge in [-0.1, -0.05) is 8.25 Å². The molecule has 5 nitrogen and oxygen atoms in total. The van der Waals surface area contributed by atoms with E-state index in [1.54, 1.807) is 7.00 Å². The average molecular weight is 255 g/mol. The highest BCUT2D eigenvalue weighted by Gasteiger charge is 2.09. The molecule has 0 atom stereocenters. The largest absolute Gasteiger partial charge is 0.466 e. The number of nitrogens with one attached hydrogen (secondary N) is 1. The molecule has 0 spiro atoms. The standard InChI is InChI=1S/C7H11B2N2O3P2/c8-11-15-4-1-6(12)5-7(13)14-3-2-9-16-10/h10H,1-5H2. The van der Waals surface area contributed by atoms with Gasteiger partial charge in [0.25, 0.3) is 7.98 Å². The van der Waals surface area contributed by atoms with Crippen LogP contribution in [0.15, 0.2) is 4.66 Å². The van der Waals surface area contributed by atoms with E-state index in [-0.39, 0.29) is 25.2 Å². The monoisotopic (exact) mass is 255 g/mol. The van der Waals surface area contributed by atoms with Crippen molar-refractivity contribution in [2.45, 2.75) is 19.2 Å². The summed E-state index contributed by atoms with van der Waals surface area (Å²) in [5.41, 5.74) is 0. The maximum Gasteiger partial charge on any atom is 0.313 e. The molecule has 0 fully saturated rings. The molecule has 0 aliphatic carbocycles. The summed E-state index contributed by atoms with van der Waals surface area (Å²) in [5.74, 6) is -0.676. The summed E-state index contributed by atoms with van der Waals surface area (Å²) in [6.07, 6.45) is 1.16. The van der Waals surface area contributed by atoms with Crippen molar-refractivity contribution < 1.29 is 14.3 Å². The first-order chi connectivity index (χ1) is 7.70. The highest BCUT2D eigenvalue weighted by Crippen LogP contribution is 2.03. The van der Waals surface area contributed by atoms with Gasteiger partial charge in [0.2, 0.25) is 7.00 Å². The Bertz CT molecular complexity index is 276. The quantitative estimate of drug-likeness (QED) is 0.224. The molecule has 0 heterocycles. The van der Waals surface area contributed by atoms with Gasteiger partial charge in [0.1, 0.15) is 12.2 Å². The Hall–Kier alpha value is -0.530. The molecule has 0 aromatic rings. The molecule has 1 N–H and O–H groups in total. The highest BCUT2D eigenvalue weighted by molar-refractivity contribution is 7.61. The van der Waals surface area contributed by atoms with Crippen LogP contribution in [0.5, 0.6) is 0 Å². The number of carbonyl (C=O) groups excluding carboxylic acids is 2. The predicted octanol–water partition coefficient (Wildman–Crippen LogP) is 1.84. The second kappa shape index (κ2) is 11.0. The maximum atomic E-state index is 11.2. The van der Waals surface area contributed by atoms with Gasteiger partial charge in [-0.05, 0) is 14.7 Å². The van der Waals surface area contributed by atoms with Crippen LogP contribution < -0.4 is 0 Å². The van der Waals surface area contributed by atoms with Crippen LogP contribution >= 0.6 is 16.6 Å². The summed E-state index contributed by atoms with van der Waals surface area (Å²) in [4.78, 5) is 22.3. The minimum Gasteiger partial charge on any atom is -0.466 e. The van der Waals surface area contributed by atoms with Gasteiger partial charge in [-0.15, -0.1) is 0 Å². The van der Waals surface area contributed by atoms with Crippen LogP contribution in [0.25, 0.3) is 0 Å². The number of ether oxygens (including phenoxy) is 1. The molecule has 0 amide bonds. The van der Waals surface area contributed by atoms with Crippen molar-refractivity contribution in [3.8, 4) is 0 Å². The van der Waals surface area contributed by atoms with Crippen LogP contribution in [0.4, 0.5) is 0 Å². The molecule has 0 saturated carbocycles. The van der Waals surface area contributed by atoms with Gasteiger partial charge in [-0.2, -0.15) is 0 Å². The molecule has 0 aromatic carbocycles. The molecular weight excluding hydrogens is 244 g/mol. The van der Waals surface area contributed by atoms with Crippen LogP contribution in [0, 0.1) is 5.16 Å². The van der Waals surface area contributed by atoms with E-state index in [4.69, 9.17) is 17.9 Å². The zero-order valence-corrected chi connectivity index (χ0v) is 10.5. The zero-order chi connectivity index (χ0) is 12.2. The molecular formula is C7H11B2N2O3P2. The second-order valence-corrected chi connectivity index (χ2v) is 4.35. The number of hydrogen-bond donors (Lipinski definition) is 1. The lowest BCUT2D eigenvalue weighted by Gasteiger charge is -2.01. The number of rotatable bonds is 9. The van der Waals surface area contributed by atoms with Crippen LogP contribution in [-0.4, -0.2) is 39.5 Å². The molecule has 0 unspecified atom stereocenters. The molecule has 0 rings (SSSR count). The van der Waals surface area contributed by atoms with Gasteiger partial charge in [0.15, 0.2) is 0 Å². The van der Waals surface area contributed by atoms with E-state index in [2.05, 4.69) is 4.66 Å². The number of nitrogens with zero attached hydrogens (tertiary/aromatic N) is 1. The minimum absolute atomic E-state index is 0.163. The lowest BCUT2D eigenvalue weighted by molar-refractivity contribution is -0.145. The van der Waals surface area contributed by atoms with Crippen LogP contribution in [0.3, 0.4) is 0 Å². The smallest absolute Gasteiger partial charge is 0.313 e. The van der Waals surface area contributed by atoms with Gasteiger partial charge in [-0.3, -0.25) is 14.8 Å². The second-order valence-electron chi connectivity index (χ2n) is 2.77. The van der Waals surface area contributed by atoms with Gasteiger partial charge < -0.3 is 9.39 Å². The minimum atomic E-state index is -0.513. The van der Waals surface area contributed by atoms with E-state index >= 15 is 0 Å². The maximum absolute atomic E-state index is 11.2. The third kappa shape index (κ3) is 10.0. The summed E-state index contributed by atoms with van der Waals surface area (Å²) >= 11 is 0. The van der Waals surface area contributed by atoms with Crippen LogP contribution in [0.2, 0.25) is 6.32 Å². The number of esters is 1. The van der Waals surface area contributed by atoms with E-state index in [1.807, 2.05) is 0 Å². The molecule has 3 radical (unpaired) electrons. The Morgan fingerprint density at radius 2 is 2.25 bits per heavy atom. The molecule has 9 heteroatoms. The van der Waals surface area contributed by atoms with Crippen molar-refractivity contribution in [3.05, 3.63) is 0 Å². The van der Waals surface area contributed by atoms with Crippen molar-refractivity contribution in [1.29, 1.82) is 5.16 Å². The molecule has 0 aliphatic heterocycles. The highest BCUT2D eigenvalue weighted by atomic mass is 31.1. The van der Waals surface area contributed by atoms with Crippen molar-refractivity contribution in [1.82, 2.24) is 0 Å². The average Bonchev–Trinajstić information content (AvgIpc) is 2.25. The van der Waals surface area contributed by atoms with Crippen LogP contribution in [-0.2, 0) is 14.3 Å². The lowest BCUT2D eigenvalue weighted by atomic mass is 10.0. The first kappa shape index (κ1) is 15.5. The fourth-order valence-corrected chi connectivity index (χ4v) is 1.52. The summed E-state index contributed by atoms with van der Waals surface area (Å²) < 4.78 is 8.13. The van der Waals surface area contributed by atoms with E-state index in [9.17, 15) is 9.59 Å². The molecule has 0 saturated heterocycles. The van der Waals surface area contributed by atoms with E-state index < -0.39 is 5.97 Å². The fraction of sp³-hybridized carbons (Fsp3) is 0.714. The topological polar surface area (TPSA) is 79.6 Å². The van der Waals surface area contributed by atoms with E-state index in [1.165, 1.54) is 0 Å². The molecule has 0 aromatic heterocycles. The Morgan fingerprint density at radius 3 is 2.88 bits per heavy atom. The first-order valence-electron chi connectivity index (χ1n) is 4.63. The molecule has 83 valence electrons. The third-order valence-electron chi connectivity index (χ3n) is 1.52. The van der Waals surface area contributed by atoms with E-state index in [0.717, 1.165) is 0 Å². The summed E-state index contributed by atoms with van der Waals surface area (Å²) in [5, 5.41) is 6.80. The number of ketones is 1. The summed E-state index contributed by atoms with van der Waals surface area (Å²) in [6.45, 7) is 1.89. The van der Waals surface area contributed by atoms with Crippen molar-refractivity contribution in [3.63, 3.8) is 0 Å². The Morgan fingerprint density at radius 1 is 1.50 bits per heavy atom. The van der Waals surface area contributed by atoms with Crippen molar-refractivity contribution >= 4 is 43.4 Å². The Labute approximate surface area is 99.9 Å². The fourth-order valence-electron chi connectivity index (χ4n) is 0.823. The van der Waals surface area contributed by atoms with Gasteiger partial charge in [0.05, 0.1) is 6.61 Å². The molecule has 0 aliphatic rings. The van der Waals surface area contributed by atoms with Crippen molar-refractivity contribution in [2.75, 3.05) is 12.8 Å². The third-order valence-corrected chi connectivity index (χ3v) is 2.54.